The molecule has 0 radical (unpaired) electrons. The molecule has 2 aromatic rings. The molecule has 0 saturated carbocycles. The zero-order chi connectivity index (χ0) is 19.2. The molecule has 0 spiro atoms. The maximum Gasteiger partial charge on any atom is 0.573 e. The van der Waals surface area contributed by atoms with Crippen molar-refractivity contribution in [1.29, 1.82) is 0 Å². The van der Waals surface area contributed by atoms with Crippen molar-refractivity contribution in [3.63, 3.8) is 0 Å². The first-order chi connectivity index (χ1) is 12.1. The fraction of sp³-hybridized carbons (Fsp3) is 0.125. The van der Waals surface area contributed by atoms with Crippen molar-refractivity contribution in [2.75, 3.05) is 4.90 Å². The molecule has 0 aliphatic carbocycles. The SMILES string of the molecule is Cc1cc(OC(F)(F)F)cc([N+](=O)[O-])c1N1C(=O)c2ccccc2C1=O. The largest absolute Gasteiger partial charge is 0.573 e. The van der Waals surface area contributed by atoms with Crippen LogP contribution in [0, 0.1) is 17.0 Å². The molecule has 3 rings (SSSR count). The Labute approximate surface area is 143 Å². The summed E-state index contributed by atoms with van der Waals surface area (Å²) in [6.07, 6.45) is -5.04. The Kier molecular flexibility index (Phi) is 3.90. The van der Waals surface area contributed by atoms with Gasteiger partial charge in [0.1, 0.15) is 11.4 Å². The highest BCUT2D eigenvalue weighted by Gasteiger charge is 2.41. The van der Waals surface area contributed by atoms with E-state index in [9.17, 15) is 32.9 Å². The molecule has 0 unspecified atom stereocenters. The number of hydrogen-bond acceptors (Lipinski definition) is 5. The summed E-state index contributed by atoms with van der Waals surface area (Å²) in [6.45, 7) is 1.25. The number of amides is 2. The van der Waals surface area contributed by atoms with Crippen LogP contribution in [0.4, 0.5) is 24.5 Å². The Hall–Kier alpha value is -3.43. The molecule has 7 nitrogen and oxygen atoms in total. The van der Waals surface area contributed by atoms with Crippen LogP contribution in [0.15, 0.2) is 36.4 Å². The van der Waals surface area contributed by atoms with Gasteiger partial charge in [-0.3, -0.25) is 19.7 Å². The number of anilines is 1. The summed E-state index contributed by atoms with van der Waals surface area (Å²) in [5.74, 6) is -2.40. The van der Waals surface area contributed by atoms with Crippen LogP contribution in [-0.4, -0.2) is 23.1 Å². The third kappa shape index (κ3) is 2.85. The number of nitro groups is 1. The summed E-state index contributed by atoms with van der Waals surface area (Å²) in [7, 11) is 0. The standard InChI is InChI=1S/C16H9F3N2O5/c1-8-6-9(26-16(17,18)19)7-12(21(24)25)13(8)20-14(22)10-4-2-3-5-11(10)15(20)23/h2-7H,1H3. The molecule has 0 bridgehead atoms. The number of benzene rings is 2. The van der Waals surface area contributed by atoms with Gasteiger partial charge in [-0.15, -0.1) is 13.2 Å². The van der Waals surface area contributed by atoms with Crippen LogP contribution >= 0.6 is 0 Å². The summed E-state index contributed by atoms with van der Waals surface area (Å²) < 4.78 is 40.9. The molecule has 0 fully saturated rings. The van der Waals surface area contributed by atoms with Crippen molar-refractivity contribution in [2.45, 2.75) is 13.3 Å². The number of nitro benzene ring substituents is 1. The molecule has 1 heterocycles. The highest BCUT2D eigenvalue weighted by atomic mass is 19.4. The lowest BCUT2D eigenvalue weighted by molar-refractivity contribution is -0.384. The molecular formula is C16H9F3N2O5. The van der Waals surface area contributed by atoms with Gasteiger partial charge in [0, 0.05) is 0 Å². The molecule has 1 aliphatic heterocycles. The van der Waals surface area contributed by atoms with Gasteiger partial charge >= 0.3 is 6.36 Å². The van der Waals surface area contributed by atoms with Crippen molar-refractivity contribution in [3.8, 4) is 5.75 Å². The Morgan fingerprint density at radius 1 is 1.08 bits per heavy atom. The molecule has 10 heteroatoms. The van der Waals surface area contributed by atoms with Crippen molar-refractivity contribution in [2.24, 2.45) is 0 Å². The third-order valence-corrected chi connectivity index (χ3v) is 3.70. The molecule has 134 valence electrons. The topological polar surface area (TPSA) is 89.8 Å². The van der Waals surface area contributed by atoms with Crippen molar-refractivity contribution >= 4 is 23.2 Å². The fourth-order valence-electron chi connectivity index (χ4n) is 2.74. The van der Waals surface area contributed by atoms with Crippen LogP contribution in [0.3, 0.4) is 0 Å². The summed E-state index contributed by atoms with van der Waals surface area (Å²) in [5, 5.41) is 11.4. The van der Waals surface area contributed by atoms with E-state index in [-0.39, 0.29) is 16.7 Å². The van der Waals surface area contributed by atoms with Crippen LogP contribution in [0.1, 0.15) is 26.3 Å². The number of rotatable bonds is 3. The molecule has 0 N–H and O–H groups in total. The summed E-state index contributed by atoms with van der Waals surface area (Å²) in [5.41, 5.74) is -1.22. The van der Waals surface area contributed by atoms with Crippen molar-refractivity contribution in [1.82, 2.24) is 0 Å². The molecule has 0 saturated heterocycles. The zero-order valence-corrected chi connectivity index (χ0v) is 13.0. The van der Waals surface area contributed by atoms with Gasteiger partial charge in [-0.2, -0.15) is 0 Å². The van der Waals surface area contributed by atoms with Gasteiger partial charge in [0.15, 0.2) is 0 Å². The predicted octanol–water partition coefficient (Wildman–Crippen LogP) is 3.60. The second-order valence-corrected chi connectivity index (χ2v) is 5.40. The monoisotopic (exact) mass is 366 g/mol. The smallest absolute Gasteiger partial charge is 0.406 e. The lowest BCUT2D eigenvalue weighted by Crippen LogP contribution is -2.31. The first kappa shape index (κ1) is 17.4. The summed E-state index contributed by atoms with van der Waals surface area (Å²) in [4.78, 5) is 36.0. The summed E-state index contributed by atoms with van der Waals surface area (Å²) >= 11 is 0. The van der Waals surface area contributed by atoms with E-state index < -0.39 is 40.2 Å². The number of fused-ring (bicyclic) bond motifs is 1. The van der Waals surface area contributed by atoms with Gasteiger partial charge in [-0.05, 0) is 30.7 Å². The first-order valence-electron chi connectivity index (χ1n) is 7.13. The van der Waals surface area contributed by atoms with Crippen LogP contribution < -0.4 is 9.64 Å². The van der Waals surface area contributed by atoms with Gasteiger partial charge in [-0.25, -0.2) is 4.90 Å². The lowest BCUT2D eigenvalue weighted by atomic mass is 10.1. The van der Waals surface area contributed by atoms with Gasteiger partial charge in [-0.1, -0.05) is 12.1 Å². The van der Waals surface area contributed by atoms with Crippen LogP contribution in [0.5, 0.6) is 5.75 Å². The van der Waals surface area contributed by atoms with Crippen LogP contribution in [0.2, 0.25) is 0 Å². The van der Waals surface area contributed by atoms with E-state index in [1.54, 1.807) is 0 Å². The Bertz CT molecular complexity index is 920. The van der Waals surface area contributed by atoms with Crippen molar-refractivity contribution in [3.05, 3.63) is 63.2 Å². The molecular weight excluding hydrogens is 357 g/mol. The number of hydrogen-bond donors (Lipinski definition) is 0. The second kappa shape index (κ2) is 5.83. The minimum Gasteiger partial charge on any atom is -0.406 e. The number of aryl methyl sites for hydroxylation is 1. The quantitative estimate of drug-likeness (QED) is 0.470. The number of nitrogens with zero attached hydrogens (tertiary/aromatic N) is 2. The molecule has 0 aromatic heterocycles. The van der Waals surface area contributed by atoms with Gasteiger partial charge in [0.25, 0.3) is 17.5 Å². The Morgan fingerprint density at radius 3 is 2.08 bits per heavy atom. The van der Waals surface area contributed by atoms with Gasteiger partial charge in [0.2, 0.25) is 0 Å². The number of ether oxygens (including phenoxy) is 1. The lowest BCUT2D eigenvalue weighted by Gasteiger charge is -2.18. The van der Waals surface area contributed by atoms with E-state index in [2.05, 4.69) is 4.74 Å². The molecule has 2 aromatic carbocycles. The van der Waals surface area contributed by atoms with Crippen LogP contribution in [-0.2, 0) is 0 Å². The Balaban J connectivity index is 2.16. The van der Waals surface area contributed by atoms with E-state index >= 15 is 0 Å². The minimum absolute atomic E-state index is 0.0572. The highest BCUT2D eigenvalue weighted by molar-refractivity contribution is 6.35. The van der Waals surface area contributed by atoms with Crippen LogP contribution in [0.25, 0.3) is 0 Å². The van der Waals surface area contributed by atoms with E-state index in [0.29, 0.717) is 11.0 Å². The number of imide groups is 1. The molecule has 26 heavy (non-hydrogen) atoms. The van der Waals surface area contributed by atoms with E-state index in [0.717, 1.165) is 6.07 Å². The molecule has 0 atom stereocenters. The number of alkyl halides is 3. The summed E-state index contributed by atoms with van der Waals surface area (Å²) in [6, 6.07) is 7.22. The van der Waals surface area contributed by atoms with Crippen molar-refractivity contribution < 1.29 is 32.4 Å². The average Bonchev–Trinajstić information content (AvgIpc) is 2.78. The maximum absolute atomic E-state index is 12.5. The fourth-order valence-corrected chi connectivity index (χ4v) is 2.74. The minimum atomic E-state index is -5.04. The van der Waals surface area contributed by atoms with E-state index in [1.165, 1.54) is 31.2 Å². The maximum atomic E-state index is 12.5. The number of carbonyl (C=O) groups excluding carboxylic acids is 2. The predicted molar refractivity (Wildman–Crippen MR) is 82.1 cm³/mol. The highest BCUT2D eigenvalue weighted by Crippen LogP contribution is 2.40. The normalized spacial score (nSPS) is 13.8. The Morgan fingerprint density at radius 2 is 1.62 bits per heavy atom. The number of carbonyl (C=O) groups is 2. The first-order valence-corrected chi connectivity index (χ1v) is 7.13. The number of halogens is 3. The molecule has 2 amide bonds. The molecule has 1 aliphatic rings. The van der Waals surface area contributed by atoms with Gasteiger partial charge in [0.05, 0.1) is 22.1 Å². The van der Waals surface area contributed by atoms with E-state index in [1.807, 2.05) is 0 Å². The van der Waals surface area contributed by atoms with E-state index in [4.69, 9.17) is 0 Å². The average molecular weight is 366 g/mol. The second-order valence-electron chi connectivity index (χ2n) is 5.40. The zero-order valence-electron chi connectivity index (χ0n) is 13.0. The third-order valence-electron chi connectivity index (χ3n) is 3.70. The van der Waals surface area contributed by atoms with Gasteiger partial charge < -0.3 is 4.74 Å².